The van der Waals surface area contributed by atoms with Crippen LogP contribution in [0.25, 0.3) is 0 Å². The Kier molecular flexibility index (Phi) is 4.13. The summed E-state index contributed by atoms with van der Waals surface area (Å²) in [6.45, 7) is 7.17. The Hall–Kier alpha value is -1.10. The minimum Gasteiger partial charge on any atom is -0.444 e. The lowest BCUT2D eigenvalue weighted by molar-refractivity contribution is -0.133. The van der Waals surface area contributed by atoms with Crippen LogP contribution in [0.1, 0.15) is 40.0 Å². The van der Waals surface area contributed by atoms with Crippen LogP contribution in [0.15, 0.2) is 0 Å². The molecular weight excluding hydrogens is 246 g/mol. The van der Waals surface area contributed by atoms with E-state index in [9.17, 15) is 9.59 Å². The van der Waals surface area contributed by atoms with Crippen LogP contribution in [-0.2, 0) is 14.3 Å². The summed E-state index contributed by atoms with van der Waals surface area (Å²) in [5.74, 6) is 0.0375. The molecule has 0 saturated carbocycles. The summed E-state index contributed by atoms with van der Waals surface area (Å²) in [5, 5.41) is 0. The highest BCUT2D eigenvalue weighted by atomic mass is 16.6. The molecule has 2 fully saturated rings. The van der Waals surface area contributed by atoms with Gasteiger partial charge in [0.05, 0.1) is 19.1 Å². The number of amides is 1. The number of nitrogens with zero attached hydrogens (tertiary/aromatic N) is 1. The molecule has 0 spiro atoms. The van der Waals surface area contributed by atoms with Gasteiger partial charge in [0.1, 0.15) is 11.4 Å². The molecule has 2 saturated heterocycles. The Labute approximate surface area is 114 Å². The SMILES string of the molecule is CC(C)(C)OC(=O)N1CCCC1C1COCCC1=O. The van der Waals surface area contributed by atoms with Crippen molar-refractivity contribution in [3.8, 4) is 0 Å². The van der Waals surface area contributed by atoms with Crippen molar-refractivity contribution in [3.05, 3.63) is 0 Å². The number of Topliss-reactive ketones (excluding diaryl/α,β-unsaturated/α-hetero) is 1. The Morgan fingerprint density at radius 2 is 2.16 bits per heavy atom. The lowest BCUT2D eigenvalue weighted by Gasteiger charge is -2.34. The highest BCUT2D eigenvalue weighted by Gasteiger charge is 2.40. The topological polar surface area (TPSA) is 55.8 Å². The van der Waals surface area contributed by atoms with Gasteiger partial charge < -0.3 is 14.4 Å². The third-order valence-corrected chi connectivity index (χ3v) is 3.60. The van der Waals surface area contributed by atoms with E-state index in [1.165, 1.54) is 0 Å². The normalized spacial score (nSPS) is 28.6. The standard InChI is InChI=1S/C14H23NO4/c1-14(2,3)19-13(17)15-7-4-5-11(15)10-9-18-8-6-12(10)16/h10-11H,4-9H2,1-3H3. The van der Waals surface area contributed by atoms with Gasteiger partial charge in [-0.15, -0.1) is 0 Å². The zero-order chi connectivity index (χ0) is 14.0. The number of carbonyl (C=O) groups is 2. The zero-order valence-electron chi connectivity index (χ0n) is 12.0. The van der Waals surface area contributed by atoms with E-state index in [4.69, 9.17) is 9.47 Å². The fraction of sp³-hybridized carbons (Fsp3) is 0.857. The van der Waals surface area contributed by atoms with Crippen LogP contribution >= 0.6 is 0 Å². The molecule has 108 valence electrons. The molecule has 2 aliphatic heterocycles. The van der Waals surface area contributed by atoms with Crippen molar-refractivity contribution in [2.75, 3.05) is 19.8 Å². The van der Waals surface area contributed by atoms with Crippen molar-refractivity contribution in [3.63, 3.8) is 0 Å². The molecule has 0 aromatic heterocycles. The summed E-state index contributed by atoms with van der Waals surface area (Å²) in [6, 6.07) is -0.0531. The number of carbonyl (C=O) groups excluding carboxylic acids is 2. The largest absolute Gasteiger partial charge is 0.444 e. The van der Waals surface area contributed by atoms with Gasteiger partial charge in [-0.05, 0) is 33.6 Å². The van der Waals surface area contributed by atoms with Crippen LogP contribution in [-0.4, -0.2) is 48.2 Å². The number of rotatable bonds is 1. The molecule has 2 heterocycles. The van der Waals surface area contributed by atoms with Gasteiger partial charge in [-0.1, -0.05) is 0 Å². The predicted molar refractivity (Wildman–Crippen MR) is 69.9 cm³/mol. The summed E-state index contributed by atoms with van der Waals surface area (Å²) in [4.78, 5) is 25.9. The van der Waals surface area contributed by atoms with Crippen LogP contribution in [0.3, 0.4) is 0 Å². The molecule has 0 aromatic carbocycles. The molecular formula is C14H23NO4. The maximum Gasteiger partial charge on any atom is 0.410 e. The Bertz CT molecular complexity index is 361. The van der Waals surface area contributed by atoms with Crippen molar-refractivity contribution in [2.24, 2.45) is 5.92 Å². The average molecular weight is 269 g/mol. The molecule has 2 unspecified atom stereocenters. The van der Waals surface area contributed by atoms with E-state index < -0.39 is 5.60 Å². The van der Waals surface area contributed by atoms with Crippen molar-refractivity contribution in [2.45, 2.75) is 51.7 Å². The van der Waals surface area contributed by atoms with Gasteiger partial charge in [-0.3, -0.25) is 4.79 Å². The molecule has 0 aromatic rings. The van der Waals surface area contributed by atoms with Crippen molar-refractivity contribution in [1.82, 2.24) is 4.90 Å². The fourth-order valence-corrected chi connectivity index (χ4v) is 2.75. The van der Waals surface area contributed by atoms with E-state index in [1.807, 2.05) is 20.8 Å². The van der Waals surface area contributed by atoms with Crippen LogP contribution in [0.4, 0.5) is 4.79 Å². The van der Waals surface area contributed by atoms with Gasteiger partial charge in [0, 0.05) is 19.0 Å². The van der Waals surface area contributed by atoms with Gasteiger partial charge in [0.15, 0.2) is 0 Å². The number of hydrogen-bond donors (Lipinski definition) is 0. The highest BCUT2D eigenvalue weighted by molar-refractivity contribution is 5.83. The molecule has 0 aliphatic carbocycles. The quantitative estimate of drug-likeness (QED) is 0.730. The first-order valence-electron chi connectivity index (χ1n) is 6.98. The van der Waals surface area contributed by atoms with E-state index in [0.717, 1.165) is 12.8 Å². The van der Waals surface area contributed by atoms with Gasteiger partial charge in [0.2, 0.25) is 0 Å². The number of hydrogen-bond acceptors (Lipinski definition) is 4. The third kappa shape index (κ3) is 3.47. The van der Waals surface area contributed by atoms with Crippen LogP contribution in [0, 0.1) is 5.92 Å². The number of ether oxygens (including phenoxy) is 2. The monoisotopic (exact) mass is 269 g/mol. The fourth-order valence-electron chi connectivity index (χ4n) is 2.75. The van der Waals surface area contributed by atoms with Gasteiger partial charge in [-0.2, -0.15) is 0 Å². The summed E-state index contributed by atoms with van der Waals surface area (Å²) in [7, 11) is 0. The predicted octanol–water partition coefficient (Wildman–Crippen LogP) is 1.99. The number of likely N-dealkylation sites (tertiary alicyclic amines) is 1. The molecule has 5 nitrogen and oxygen atoms in total. The summed E-state index contributed by atoms with van der Waals surface area (Å²) < 4.78 is 10.8. The lowest BCUT2D eigenvalue weighted by atomic mass is 9.91. The van der Waals surface area contributed by atoms with Gasteiger partial charge >= 0.3 is 6.09 Å². The first-order chi connectivity index (χ1) is 8.88. The highest BCUT2D eigenvalue weighted by Crippen LogP contribution is 2.29. The number of ketones is 1. The minimum atomic E-state index is -0.503. The molecule has 19 heavy (non-hydrogen) atoms. The van der Waals surface area contributed by atoms with E-state index in [2.05, 4.69) is 0 Å². The molecule has 1 amide bonds. The first kappa shape index (κ1) is 14.3. The van der Waals surface area contributed by atoms with Crippen LogP contribution in [0.2, 0.25) is 0 Å². The smallest absolute Gasteiger partial charge is 0.410 e. The van der Waals surface area contributed by atoms with Crippen molar-refractivity contribution < 1.29 is 19.1 Å². The van der Waals surface area contributed by atoms with E-state index >= 15 is 0 Å². The van der Waals surface area contributed by atoms with Gasteiger partial charge in [-0.25, -0.2) is 4.79 Å². The van der Waals surface area contributed by atoms with Crippen LogP contribution in [0.5, 0.6) is 0 Å². The molecule has 5 heteroatoms. The van der Waals surface area contributed by atoms with Crippen molar-refractivity contribution in [1.29, 1.82) is 0 Å². The maximum atomic E-state index is 12.2. The van der Waals surface area contributed by atoms with E-state index in [1.54, 1.807) is 4.90 Å². The summed E-state index contributed by atoms with van der Waals surface area (Å²) in [6.07, 6.45) is 1.93. The van der Waals surface area contributed by atoms with E-state index in [-0.39, 0.29) is 23.8 Å². The van der Waals surface area contributed by atoms with E-state index in [0.29, 0.717) is 26.2 Å². The molecule has 0 bridgehead atoms. The Morgan fingerprint density at radius 1 is 1.42 bits per heavy atom. The molecule has 0 radical (unpaired) electrons. The van der Waals surface area contributed by atoms with Gasteiger partial charge in [0.25, 0.3) is 0 Å². The molecule has 2 atom stereocenters. The summed E-state index contributed by atoms with van der Waals surface area (Å²) in [5.41, 5.74) is -0.503. The Morgan fingerprint density at radius 3 is 2.79 bits per heavy atom. The first-order valence-corrected chi connectivity index (χ1v) is 6.98. The Balaban J connectivity index is 2.04. The third-order valence-electron chi connectivity index (χ3n) is 3.60. The molecule has 2 aliphatic rings. The lowest BCUT2D eigenvalue weighted by Crippen LogP contribution is -2.47. The van der Waals surface area contributed by atoms with Crippen molar-refractivity contribution >= 4 is 11.9 Å². The minimum absolute atomic E-state index is 0.0531. The second kappa shape index (κ2) is 5.49. The average Bonchev–Trinajstić information content (AvgIpc) is 2.76. The maximum absolute atomic E-state index is 12.2. The zero-order valence-corrected chi connectivity index (χ0v) is 12.0. The second-order valence-electron chi connectivity index (χ2n) is 6.28. The molecule has 0 N–H and O–H groups in total. The molecule has 2 rings (SSSR count). The second-order valence-corrected chi connectivity index (χ2v) is 6.28. The summed E-state index contributed by atoms with van der Waals surface area (Å²) >= 11 is 0. The van der Waals surface area contributed by atoms with Crippen LogP contribution < -0.4 is 0 Å².